The largest absolute Gasteiger partial charge is 0.394 e. The number of nitrogens with one attached hydrogen (secondary N) is 1. The van der Waals surface area contributed by atoms with Crippen LogP contribution in [0.5, 0.6) is 0 Å². The number of hydrogen-bond donors (Lipinski definition) is 5. The van der Waals surface area contributed by atoms with Gasteiger partial charge in [0.25, 0.3) is 0 Å². The second-order valence-electron chi connectivity index (χ2n) is 8.28. The summed E-state index contributed by atoms with van der Waals surface area (Å²) >= 11 is 0. The molecule has 178 valence electrons. The fraction of sp³-hybridized carbons (Fsp3) is 0.875. The van der Waals surface area contributed by atoms with Gasteiger partial charge >= 0.3 is 0 Å². The van der Waals surface area contributed by atoms with Crippen molar-refractivity contribution < 1.29 is 25.2 Å². The number of rotatable bonds is 22. The number of carbonyl (C=O) groups excluding carboxylic acids is 1. The van der Waals surface area contributed by atoms with Gasteiger partial charge in [0.15, 0.2) is 0 Å². The highest BCUT2D eigenvalue weighted by molar-refractivity contribution is 5.58. The lowest BCUT2D eigenvalue weighted by molar-refractivity contribution is -0.120. The van der Waals surface area contributed by atoms with Crippen molar-refractivity contribution in [3.8, 4) is 0 Å². The van der Waals surface area contributed by atoms with Crippen LogP contribution < -0.4 is 5.32 Å². The molecule has 6 nitrogen and oxygen atoms in total. The molecule has 0 aromatic rings. The zero-order valence-electron chi connectivity index (χ0n) is 19.1. The Balaban J connectivity index is 3.52. The highest BCUT2D eigenvalue weighted by Gasteiger charge is 2.30. The fourth-order valence-electron chi connectivity index (χ4n) is 3.44. The van der Waals surface area contributed by atoms with Crippen molar-refractivity contribution in [3.05, 3.63) is 12.2 Å². The minimum absolute atomic E-state index is 0.526. The van der Waals surface area contributed by atoms with E-state index < -0.39 is 31.0 Å². The molecule has 0 rings (SSSR count). The topological polar surface area (TPSA) is 110 Å². The highest BCUT2D eigenvalue weighted by Crippen LogP contribution is 2.10. The maximum atomic E-state index is 11.1. The van der Waals surface area contributed by atoms with Crippen LogP contribution in [0.4, 0.5) is 0 Å². The summed E-state index contributed by atoms with van der Waals surface area (Å²) in [4.78, 5) is 11.1. The Bertz CT molecular complexity index is 405. The Morgan fingerprint density at radius 3 is 1.73 bits per heavy atom. The Kier molecular flexibility index (Phi) is 20.9. The summed E-state index contributed by atoms with van der Waals surface area (Å²) in [5.41, 5.74) is 0. The van der Waals surface area contributed by atoms with E-state index in [-0.39, 0.29) is 0 Å². The van der Waals surface area contributed by atoms with Crippen LogP contribution >= 0.6 is 0 Å². The molecule has 0 amide bonds. The third-order valence-electron chi connectivity index (χ3n) is 5.51. The van der Waals surface area contributed by atoms with Crippen molar-refractivity contribution >= 4 is 6.29 Å². The second kappa shape index (κ2) is 21.4. The minimum Gasteiger partial charge on any atom is -0.394 e. The number of unbranched alkanes of at least 4 members (excludes halogenated alkanes) is 12. The van der Waals surface area contributed by atoms with Crippen molar-refractivity contribution in [3.63, 3.8) is 0 Å². The van der Waals surface area contributed by atoms with Crippen molar-refractivity contribution in [2.45, 2.75) is 121 Å². The molecular weight excluding hydrogens is 382 g/mol. The Morgan fingerprint density at radius 1 is 0.733 bits per heavy atom. The molecule has 0 spiro atoms. The number of aliphatic hydroxyl groups excluding tert-OH is 4. The van der Waals surface area contributed by atoms with E-state index in [1.165, 1.54) is 64.2 Å². The molecule has 0 bridgehead atoms. The molecular formula is C24H47NO5. The average Bonchev–Trinajstić information content (AvgIpc) is 2.76. The second-order valence-corrected chi connectivity index (χ2v) is 8.28. The standard InChI is InChI=1S/C24H47NO5/c1-2-3-4-5-6-7-8-9-10-11-12-13-14-15-16-17-18-25-21(19-26)23(29)24(30)22(28)20-27/h9-10,19,21-25,27-30H,2-8,11-18,20H2,1H3/t21-,22+,23+,24+/m0/s1. The fourth-order valence-corrected chi connectivity index (χ4v) is 3.44. The van der Waals surface area contributed by atoms with Crippen LogP contribution in [0.2, 0.25) is 0 Å². The van der Waals surface area contributed by atoms with Gasteiger partial charge in [-0.1, -0.05) is 76.9 Å². The van der Waals surface area contributed by atoms with Crippen LogP contribution in [-0.4, -0.2) is 64.2 Å². The lowest BCUT2D eigenvalue weighted by Crippen LogP contribution is -2.52. The Morgan fingerprint density at radius 2 is 1.23 bits per heavy atom. The zero-order valence-corrected chi connectivity index (χ0v) is 19.1. The molecule has 5 N–H and O–H groups in total. The molecule has 0 aromatic heterocycles. The molecule has 0 saturated carbocycles. The molecule has 0 saturated heterocycles. The van der Waals surface area contributed by atoms with Gasteiger partial charge in [-0.05, 0) is 38.6 Å². The van der Waals surface area contributed by atoms with Crippen molar-refractivity contribution in [1.82, 2.24) is 5.32 Å². The van der Waals surface area contributed by atoms with Crippen LogP contribution in [0, 0.1) is 0 Å². The monoisotopic (exact) mass is 429 g/mol. The van der Waals surface area contributed by atoms with Gasteiger partial charge in [0.1, 0.15) is 24.6 Å². The van der Waals surface area contributed by atoms with Crippen LogP contribution in [0.3, 0.4) is 0 Å². The Labute approximate surface area is 183 Å². The third kappa shape index (κ3) is 16.0. The van der Waals surface area contributed by atoms with Gasteiger partial charge in [0.2, 0.25) is 0 Å². The molecule has 0 aromatic carbocycles. The quantitative estimate of drug-likeness (QED) is 0.103. The van der Waals surface area contributed by atoms with E-state index in [1.807, 2.05) is 0 Å². The van der Waals surface area contributed by atoms with Gasteiger partial charge in [-0.15, -0.1) is 0 Å². The van der Waals surface area contributed by atoms with E-state index in [0.29, 0.717) is 12.8 Å². The first kappa shape index (κ1) is 29.2. The SMILES string of the molecule is CCCCCCCCC=CCCCCCCCCN[C@@H](C=O)[C@@H](O)[C@H](O)[C@H](O)CO. The van der Waals surface area contributed by atoms with Gasteiger partial charge in [0.05, 0.1) is 12.6 Å². The smallest absolute Gasteiger partial charge is 0.139 e. The lowest BCUT2D eigenvalue weighted by Gasteiger charge is -2.26. The summed E-state index contributed by atoms with van der Waals surface area (Å²) in [6, 6.07) is -0.954. The molecule has 0 unspecified atom stereocenters. The first-order chi connectivity index (χ1) is 14.6. The van der Waals surface area contributed by atoms with Crippen LogP contribution in [-0.2, 0) is 4.79 Å². The van der Waals surface area contributed by atoms with Gasteiger partial charge < -0.3 is 30.5 Å². The summed E-state index contributed by atoms with van der Waals surface area (Å²) in [6.07, 6.45) is 17.9. The summed E-state index contributed by atoms with van der Waals surface area (Å²) in [5.74, 6) is 0. The van der Waals surface area contributed by atoms with Crippen molar-refractivity contribution in [1.29, 1.82) is 0 Å². The van der Waals surface area contributed by atoms with Crippen molar-refractivity contribution in [2.24, 2.45) is 0 Å². The number of carbonyl (C=O) groups is 1. The van der Waals surface area contributed by atoms with E-state index in [0.717, 1.165) is 25.7 Å². The number of hydrogen-bond acceptors (Lipinski definition) is 6. The minimum atomic E-state index is -1.56. The molecule has 0 fully saturated rings. The van der Waals surface area contributed by atoms with E-state index in [9.17, 15) is 20.1 Å². The molecule has 0 aliphatic rings. The lowest BCUT2D eigenvalue weighted by atomic mass is 10.0. The first-order valence-electron chi connectivity index (χ1n) is 12.1. The van der Waals surface area contributed by atoms with Gasteiger partial charge in [-0.3, -0.25) is 0 Å². The van der Waals surface area contributed by atoms with Crippen LogP contribution in [0.1, 0.15) is 96.8 Å². The molecule has 0 aliphatic carbocycles. The normalized spacial score (nSPS) is 15.9. The predicted octanol–water partition coefficient (Wildman–Crippen LogP) is 3.26. The van der Waals surface area contributed by atoms with E-state index in [2.05, 4.69) is 24.4 Å². The highest BCUT2D eigenvalue weighted by atomic mass is 16.4. The van der Waals surface area contributed by atoms with Crippen molar-refractivity contribution in [2.75, 3.05) is 13.2 Å². The molecule has 4 atom stereocenters. The number of aldehydes is 1. The van der Waals surface area contributed by atoms with Gasteiger partial charge in [-0.2, -0.15) is 0 Å². The average molecular weight is 430 g/mol. The first-order valence-corrected chi connectivity index (χ1v) is 12.1. The molecule has 6 heteroatoms. The van der Waals surface area contributed by atoms with Gasteiger partial charge in [0, 0.05) is 0 Å². The summed E-state index contributed by atoms with van der Waals surface area (Å²) in [6.45, 7) is 2.14. The maximum absolute atomic E-state index is 11.1. The third-order valence-corrected chi connectivity index (χ3v) is 5.51. The molecule has 0 heterocycles. The van der Waals surface area contributed by atoms with E-state index in [1.54, 1.807) is 0 Å². The van der Waals surface area contributed by atoms with E-state index in [4.69, 9.17) is 5.11 Å². The maximum Gasteiger partial charge on any atom is 0.139 e. The van der Waals surface area contributed by atoms with Crippen LogP contribution in [0.15, 0.2) is 12.2 Å². The van der Waals surface area contributed by atoms with Crippen LogP contribution in [0.25, 0.3) is 0 Å². The Hall–Kier alpha value is -0.790. The zero-order chi connectivity index (χ0) is 22.5. The molecule has 0 radical (unpaired) electrons. The van der Waals surface area contributed by atoms with E-state index >= 15 is 0 Å². The summed E-state index contributed by atoms with van der Waals surface area (Å²) < 4.78 is 0. The molecule has 0 aliphatic heterocycles. The number of allylic oxidation sites excluding steroid dienone is 2. The summed E-state index contributed by atoms with van der Waals surface area (Å²) in [7, 11) is 0. The summed E-state index contributed by atoms with van der Waals surface area (Å²) in [5, 5.41) is 40.6. The predicted molar refractivity (Wildman–Crippen MR) is 122 cm³/mol. The number of aliphatic hydroxyl groups is 4. The van der Waals surface area contributed by atoms with Gasteiger partial charge in [-0.25, -0.2) is 0 Å². The molecule has 30 heavy (non-hydrogen) atoms.